The summed E-state index contributed by atoms with van der Waals surface area (Å²) >= 11 is 0. The molecule has 0 aromatic rings. The van der Waals surface area contributed by atoms with Crippen LogP contribution in [0.1, 0.15) is 33.6 Å². The van der Waals surface area contributed by atoms with Crippen molar-refractivity contribution in [1.29, 1.82) is 0 Å². The fraction of sp³-hybridized carbons (Fsp3) is 0.444. The van der Waals surface area contributed by atoms with E-state index in [0.29, 0.717) is 5.92 Å². The minimum absolute atomic E-state index is 0.210. The maximum absolute atomic E-state index is 5.72. The lowest BCUT2D eigenvalue weighted by Gasteiger charge is -2.29. The number of allylic oxidation sites excluding steroid dienone is 5. The van der Waals surface area contributed by atoms with E-state index in [-0.39, 0.29) is 5.41 Å². The molecule has 2 aliphatic rings. The van der Waals surface area contributed by atoms with Crippen LogP contribution in [-0.4, -0.2) is 6.61 Å². The Kier molecular flexibility index (Phi) is 3.58. The van der Waals surface area contributed by atoms with Crippen molar-refractivity contribution < 1.29 is 4.74 Å². The quantitative estimate of drug-likeness (QED) is 0.649. The van der Waals surface area contributed by atoms with Crippen LogP contribution in [0.4, 0.5) is 0 Å². The smallest absolute Gasteiger partial charge is 0.119 e. The lowest BCUT2D eigenvalue weighted by atomic mass is 9.87. The van der Waals surface area contributed by atoms with Crippen LogP contribution < -0.4 is 0 Å². The molecule has 1 saturated carbocycles. The van der Waals surface area contributed by atoms with Crippen molar-refractivity contribution in [1.82, 2.24) is 0 Å². The molecule has 0 unspecified atom stereocenters. The molecule has 1 heterocycles. The molecule has 0 aromatic heterocycles. The molecule has 1 saturated heterocycles. The second-order valence-corrected chi connectivity index (χ2v) is 6.11. The third-order valence-corrected chi connectivity index (χ3v) is 4.19. The third kappa shape index (κ3) is 2.60. The SMILES string of the molecule is C=C1OCC2(CC2)C(=C)/C1=C\C=C(\C(=C)C)C(C)C. The Morgan fingerprint density at radius 2 is 1.95 bits per heavy atom. The van der Waals surface area contributed by atoms with Gasteiger partial charge >= 0.3 is 0 Å². The van der Waals surface area contributed by atoms with Crippen molar-refractivity contribution >= 4 is 0 Å². The van der Waals surface area contributed by atoms with Crippen LogP contribution in [0.25, 0.3) is 0 Å². The second-order valence-electron chi connectivity index (χ2n) is 6.11. The van der Waals surface area contributed by atoms with Crippen molar-refractivity contribution in [2.45, 2.75) is 33.6 Å². The van der Waals surface area contributed by atoms with Gasteiger partial charge in [0.25, 0.3) is 0 Å². The molecule has 1 aliphatic carbocycles. The monoisotopic (exact) mass is 256 g/mol. The van der Waals surface area contributed by atoms with Gasteiger partial charge in [-0.15, -0.1) is 0 Å². The summed E-state index contributed by atoms with van der Waals surface area (Å²) in [6, 6.07) is 0. The Morgan fingerprint density at radius 1 is 1.32 bits per heavy atom. The van der Waals surface area contributed by atoms with Gasteiger partial charge in [-0.25, -0.2) is 0 Å². The van der Waals surface area contributed by atoms with Gasteiger partial charge in [0.15, 0.2) is 0 Å². The van der Waals surface area contributed by atoms with Crippen LogP contribution in [0.15, 0.2) is 59.9 Å². The summed E-state index contributed by atoms with van der Waals surface area (Å²) in [4.78, 5) is 0. The Hall–Kier alpha value is -1.50. The molecule has 2 fully saturated rings. The Balaban J connectivity index is 2.30. The highest BCUT2D eigenvalue weighted by molar-refractivity contribution is 5.52. The molecule has 0 aromatic carbocycles. The van der Waals surface area contributed by atoms with Gasteiger partial charge in [0.05, 0.1) is 6.61 Å². The van der Waals surface area contributed by atoms with E-state index >= 15 is 0 Å². The van der Waals surface area contributed by atoms with Crippen LogP contribution in [-0.2, 0) is 4.74 Å². The average Bonchev–Trinajstić information content (AvgIpc) is 3.09. The van der Waals surface area contributed by atoms with Crippen molar-refractivity contribution in [2.24, 2.45) is 11.3 Å². The number of hydrogen-bond acceptors (Lipinski definition) is 1. The Labute approximate surface area is 117 Å². The summed E-state index contributed by atoms with van der Waals surface area (Å²) in [7, 11) is 0. The van der Waals surface area contributed by atoms with Gasteiger partial charge in [-0.1, -0.05) is 51.3 Å². The average molecular weight is 256 g/mol. The molecule has 2 rings (SSSR count). The van der Waals surface area contributed by atoms with Gasteiger partial charge in [-0.05, 0) is 36.8 Å². The van der Waals surface area contributed by atoms with Gasteiger partial charge < -0.3 is 4.74 Å². The summed E-state index contributed by atoms with van der Waals surface area (Å²) < 4.78 is 5.72. The van der Waals surface area contributed by atoms with E-state index in [0.717, 1.165) is 23.5 Å². The number of hydrogen-bond donors (Lipinski definition) is 0. The van der Waals surface area contributed by atoms with Crippen LogP contribution in [0.2, 0.25) is 0 Å². The topological polar surface area (TPSA) is 9.23 Å². The van der Waals surface area contributed by atoms with E-state index in [1.54, 1.807) is 0 Å². The molecule has 102 valence electrons. The highest BCUT2D eigenvalue weighted by atomic mass is 16.5. The minimum atomic E-state index is 0.210. The molecular formula is C18H24O. The number of rotatable bonds is 3. The van der Waals surface area contributed by atoms with E-state index in [1.807, 2.05) is 6.92 Å². The Morgan fingerprint density at radius 3 is 2.42 bits per heavy atom. The van der Waals surface area contributed by atoms with Crippen LogP contribution >= 0.6 is 0 Å². The molecule has 19 heavy (non-hydrogen) atoms. The second kappa shape index (κ2) is 4.88. The van der Waals surface area contributed by atoms with E-state index in [4.69, 9.17) is 4.74 Å². The molecule has 0 atom stereocenters. The molecule has 1 heteroatoms. The van der Waals surface area contributed by atoms with E-state index in [9.17, 15) is 0 Å². The van der Waals surface area contributed by atoms with Crippen molar-refractivity contribution in [3.63, 3.8) is 0 Å². The fourth-order valence-electron chi connectivity index (χ4n) is 2.64. The lowest BCUT2D eigenvalue weighted by molar-refractivity contribution is 0.160. The lowest BCUT2D eigenvalue weighted by Crippen LogP contribution is -2.21. The predicted octanol–water partition coefficient (Wildman–Crippen LogP) is 4.95. The van der Waals surface area contributed by atoms with Crippen molar-refractivity contribution in [3.05, 3.63) is 59.9 Å². The molecule has 0 bridgehead atoms. The highest BCUT2D eigenvalue weighted by Gasteiger charge is 2.49. The van der Waals surface area contributed by atoms with Crippen LogP contribution in [0.5, 0.6) is 0 Å². The van der Waals surface area contributed by atoms with Gasteiger partial charge in [-0.2, -0.15) is 0 Å². The zero-order valence-corrected chi connectivity index (χ0v) is 12.4. The fourth-order valence-corrected chi connectivity index (χ4v) is 2.64. The standard InChI is InChI=1S/C18H24O/c1-12(2)16(13(3)4)7-8-17-14(5)18(9-10-18)11-19-15(17)6/h7-8,13H,1,5-6,9-11H2,2-4H3/b16-7-,17-8+. The molecule has 0 N–H and O–H groups in total. The highest BCUT2D eigenvalue weighted by Crippen LogP contribution is 2.57. The zero-order chi connectivity index (χ0) is 14.2. The van der Waals surface area contributed by atoms with E-state index in [1.165, 1.54) is 24.0 Å². The van der Waals surface area contributed by atoms with Crippen LogP contribution in [0, 0.1) is 11.3 Å². The maximum Gasteiger partial charge on any atom is 0.119 e. The van der Waals surface area contributed by atoms with E-state index in [2.05, 4.69) is 45.7 Å². The largest absolute Gasteiger partial charge is 0.493 e. The first-order valence-corrected chi connectivity index (χ1v) is 6.97. The normalized spacial score (nSPS) is 24.0. The van der Waals surface area contributed by atoms with Gasteiger partial charge in [0.2, 0.25) is 0 Å². The molecule has 0 amide bonds. The molecule has 1 nitrogen and oxygen atoms in total. The van der Waals surface area contributed by atoms with Gasteiger partial charge in [-0.3, -0.25) is 0 Å². The van der Waals surface area contributed by atoms with Crippen molar-refractivity contribution in [2.75, 3.05) is 6.61 Å². The first-order valence-electron chi connectivity index (χ1n) is 6.97. The Bertz CT molecular complexity index is 496. The summed E-state index contributed by atoms with van der Waals surface area (Å²) in [5.41, 5.74) is 4.86. The maximum atomic E-state index is 5.72. The van der Waals surface area contributed by atoms with Crippen LogP contribution in [0.3, 0.4) is 0 Å². The van der Waals surface area contributed by atoms with Crippen molar-refractivity contribution in [3.8, 4) is 0 Å². The predicted molar refractivity (Wildman–Crippen MR) is 81.7 cm³/mol. The molecule has 1 aliphatic heterocycles. The van der Waals surface area contributed by atoms with Gasteiger partial charge in [0.1, 0.15) is 5.76 Å². The summed E-state index contributed by atoms with van der Waals surface area (Å²) in [5.74, 6) is 1.22. The summed E-state index contributed by atoms with van der Waals surface area (Å²) in [6.07, 6.45) is 6.63. The number of ether oxygens (including phenoxy) is 1. The minimum Gasteiger partial charge on any atom is -0.493 e. The summed E-state index contributed by atoms with van der Waals surface area (Å²) in [5, 5.41) is 0. The van der Waals surface area contributed by atoms with E-state index < -0.39 is 0 Å². The first kappa shape index (κ1) is 13.9. The summed E-state index contributed by atoms with van der Waals surface area (Å²) in [6.45, 7) is 19.5. The molecule has 0 radical (unpaired) electrons. The zero-order valence-electron chi connectivity index (χ0n) is 12.4. The van der Waals surface area contributed by atoms with Gasteiger partial charge in [0, 0.05) is 11.0 Å². The molecular weight excluding hydrogens is 232 g/mol. The first-order chi connectivity index (χ1) is 8.87. The molecule has 1 spiro atoms. The third-order valence-electron chi connectivity index (χ3n) is 4.19.